The molecular formula is C13H12ClN3O2S. The monoisotopic (exact) mass is 309 g/mol. The molecule has 0 spiro atoms. The summed E-state index contributed by atoms with van der Waals surface area (Å²) in [6, 6.07) is 6.88. The van der Waals surface area contributed by atoms with Crippen LogP contribution in [-0.4, -0.2) is 16.8 Å². The van der Waals surface area contributed by atoms with Crippen molar-refractivity contribution in [3.05, 3.63) is 39.9 Å². The molecule has 5 nitrogen and oxygen atoms in total. The van der Waals surface area contributed by atoms with Gasteiger partial charge in [-0.2, -0.15) is 0 Å². The smallest absolute Gasteiger partial charge is 0.267 e. The third-order valence-corrected chi connectivity index (χ3v) is 3.67. The van der Waals surface area contributed by atoms with Crippen LogP contribution in [0.2, 0.25) is 5.02 Å². The van der Waals surface area contributed by atoms with Crippen molar-refractivity contribution in [3.63, 3.8) is 0 Å². The average Bonchev–Trinajstić information content (AvgIpc) is 2.69. The predicted molar refractivity (Wildman–Crippen MR) is 80.6 cm³/mol. The van der Waals surface area contributed by atoms with E-state index in [4.69, 9.17) is 11.6 Å². The van der Waals surface area contributed by atoms with Crippen molar-refractivity contribution in [3.8, 4) is 0 Å². The maximum absolute atomic E-state index is 12.1. The molecule has 2 aromatic rings. The Labute approximate surface area is 125 Å². The molecule has 0 aliphatic carbocycles. The lowest BCUT2D eigenvalue weighted by Gasteiger charge is -2.03. The lowest BCUT2D eigenvalue weighted by molar-refractivity contribution is -0.114. The summed E-state index contributed by atoms with van der Waals surface area (Å²) in [7, 11) is 0. The third kappa shape index (κ3) is 3.55. The topological polar surface area (TPSA) is 71.1 Å². The van der Waals surface area contributed by atoms with E-state index in [9.17, 15) is 9.59 Å². The maximum atomic E-state index is 12.1. The number of aryl methyl sites for hydroxylation is 1. The minimum Gasteiger partial charge on any atom is -0.321 e. The number of rotatable bonds is 3. The van der Waals surface area contributed by atoms with Crippen LogP contribution in [0, 0.1) is 6.92 Å². The molecule has 0 atom stereocenters. The number of hydrogen-bond acceptors (Lipinski definition) is 4. The van der Waals surface area contributed by atoms with Crippen LogP contribution in [0.3, 0.4) is 0 Å². The molecule has 0 fully saturated rings. The Morgan fingerprint density at radius 1 is 1.30 bits per heavy atom. The molecule has 20 heavy (non-hydrogen) atoms. The van der Waals surface area contributed by atoms with Crippen molar-refractivity contribution < 1.29 is 9.59 Å². The van der Waals surface area contributed by atoms with Gasteiger partial charge in [0.25, 0.3) is 5.91 Å². The molecule has 0 radical (unpaired) electrons. The number of halogens is 1. The molecule has 0 saturated carbocycles. The van der Waals surface area contributed by atoms with E-state index in [1.165, 1.54) is 6.92 Å². The van der Waals surface area contributed by atoms with E-state index in [1.54, 1.807) is 31.2 Å². The Balaban J connectivity index is 2.17. The zero-order valence-corrected chi connectivity index (χ0v) is 12.4. The molecule has 0 unspecified atom stereocenters. The highest BCUT2D eigenvalue weighted by Crippen LogP contribution is 2.24. The fourth-order valence-corrected chi connectivity index (χ4v) is 2.66. The number of thiazole rings is 1. The highest BCUT2D eigenvalue weighted by molar-refractivity contribution is 7.17. The molecule has 1 aromatic carbocycles. The standard InChI is InChI=1S/C13H12ClN3O2S/c1-7-11(20-13(15-7)16-8(2)18)12(19)17-10-5-3-4-9(14)6-10/h3-6H,1-2H3,(H,17,19)(H,15,16,18). The van der Waals surface area contributed by atoms with Crippen molar-refractivity contribution in [2.75, 3.05) is 10.6 Å². The molecule has 1 aromatic heterocycles. The van der Waals surface area contributed by atoms with Gasteiger partial charge in [-0.3, -0.25) is 9.59 Å². The lowest BCUT2D eigenvalue weighted by atomic mass is 10.3. The molecule has 7 heteroatoms. The van der Waals surface area contributed by atoms with Gasteiger partial charge < -0.3 is 10.6 Å². The van der Waals surface area contributed by atoms with Gasteiger partial charge in [-0.15, -0.1) is 0 Å². The second kappa shape index (κ2) is 6.02. The highest BCUT2D eigenvalue weighted by atomic mass is 35.5. The van der Waals surface area contributed by atoms with Gasteiger partial charge in [0.15, 0.2) is 5.13 Å². The molecule has 1 heterocycles. The Hall–Kier alpha value is -1.92. The number of amides is 2. The van der Waals surface area contributed by atoms with Crippen molar-refractivity contribution in [1.82, 2.24) is 4.98 Å². The van der Waals surface area contributed by atoms with Gasteiger partial charge in [0.1, 0.15) is 4.88 Å². The molecule has 2 N–H and O–H groups in total. The Morgan fingerprint density at radius 3 is 2.70 bits per heavy atom. The van der Waals surface area contributed by atoms with Gasteiger partial charge in [0.2, 0.25) is 5.91 Å². The lowest BCUT2D eigenvalue weighted by Crippen LogP contribution is -2.11. The first-order valence-electron chi connectivity index (χ1n) is 5.77. The van der Waals surface area contributed by atoms with E-state index in [2.05, 4.69) is 15.6 Å². The summed E-state index contributed by atoms with van der Waals surface area (Å²) in [4.78, 5) is 27.7. The number of hydrogen-bond donors (Lipinski definition) is 2. The van der Waals surface area contributed by atoms with Gasteiger partial charge in [-0.1, -0.05) is 29.0 Å². The SMILES string of the molecule is CC(=O)Nc1nc(C)c(C(=O)Nc2cccc(Cl)c2)s1. The summed E-state index contributed by atoms with van der Waals surface area (Å²) < 4.78 is 0. The Morgan fingerprint density at radius 2 is 2.05 bits per heavy atom. The minimum atomic E-state index is -0.279. The number of carbonyl (C=O) groups excluding carboxylic acids is 2. The van der Waals surface area contributed by atoms with Gasteiger partial charge in [-0.05, 0) is 25.1 Å². The van der Waals surface area contributed by atoms with Crippen LogP contribution in [0.4, 0.5) is 10.8 Å². The van der Waals surface area contributed by atoms with Crippen molar-refractivity contribution in [1.29, 1.82) is 0 Å². The third-order valence-electron chi connectivity index (χ3n) is 2.37. The first kappa shape index (κ1) is 14.5. The van der Waals surface area contributed by atoms with Crippen LogP contribution in [-0.2, 0) is 4.79 Å². The first-order chi connectivity index (χ1) is 9.45. The average molecular weight is 310 g/mol. The van der Waals surface area contributed by atoms with Crippen LogP contribution in [0.25, 0.3) is 0 Å². The highest BCUT2D eigenvalue weighted by Gasteiger charge is 2.16. The fraction of sp³-hybridized carbons (Fsp3) is 0.154. The molecule has 2 amide bonds. The van der Waals surface area contributed by atoms with Gasteiger partial charge in [-0.25, -0.2) is 4.98 Å². The zero-order chi connectivity index (χ0) is 14.7. The number of carbonyl (C=O) groups is 2. The second-order valence-electron chi connectivity index (χ2n) is 4.08. The predicted octanol–water partition coefficient (Wildman–Crippen LogP) is 3.32. The van der Waals surface area contributed by atoms with Gasteiger partial charge >= 0.3 is 0 Å². The van der Waals surface area contributed by atoms with Crippen LogP contribution in [0.1, 0.15) is 22.3 Å². The number of benzene rings is 1. The molecular weight excluding hydrogens is 298 g/mol. The first-order valence-corrected chi connectivity index (χ1v) is 6.97. The van der Waals surface area contributed by atoms with E-state index < -0.39 is 0 Å². The summed E-state index contributed by atoms with van der Waals surface area (Å²) in [5, 5.41) is 6.25. The number of aromatic nitrogens is 1. The fourth-order valence-electron chi connectivity index (χ4n) is 1.57. The molecule has 0 saturated heterocycles. The molecule has 0 bridgehead atoms. The minimum absolute atomic E-state index is 0.222. The largest absolute Gasteiger partial charge is 0.321 e. The number of nitrogens with one attached hydrogen (secondary N) is 2. The van der Waals surface area contributed by atoms with Crippen molar-refractivity contribution in [2.24, 2.45) is 0 Å². The number of nitrogens with zero attached hydrogens (tertiary/aromatic N) is 1. The molecule has 2 rings (SSSR count). The summed E-state index contributed by atoms with van der Waals surface area (Å²) >= 11 is 6.99. The van der Waals surface area contributed by atoms with Crippen LogP contribution in [0.5, 0.6) is 0 Å². The van der Waals surface area contributed by atoms with Crippen LogP contribution in [0.15, 0.2) is 24.3 Å². The summed E-state index contributed by atoms with van der Waals surface area (Å²) in [5.74, 6) is -0.501. The van der Waals surface area contributed by atoms with Crippen molar-refractivity contribution in [2.45, 2.75) is 13.8 Å². The Bertz CT molecular complexity index is 669. The van der Waals surface area contributed by atoms with E-state index in [0.29, 0.717) is 26.4 Å². The van der Waals surface area contributed by atoms with E-state index in [0.717, 1.165) is 11.3 Å². The van der Waals surface area contributed by atoms with E-state index in [-0.39, 0.29) is 11.8 Å². The van der Waals surface area contributed by atoms with E-state index in [1.807, 2.05) is 0 Å². The summed E-state index contributed by atoms with van der Waals surface area (Å²) in [6.45, 7) is 3.11. The van der Waals surface area contributed by atoms with Crippen LogP contribution >= 0.6 is 22.9 Å². The number of anilines is 2. The molecule has 0 aliphatic rings. The van der Waals surface area contributed by atoms with Crippen molar-refractivity contribution >= 4 is 45.6 Å². The maximum Gasteiger partial charge on any atom is 0.267 e. The quantitative estimate of drug-likeness (QED) is 0.913. The molecule has 0 aliphatic heterocycles. The summed E-state index contributed by atoms with van der Waals surface area (Å²) in [6.07, 6.45) is 0. The normalized spacial score (nSPS) is 10.2. The zero-order valence-electron chi connectivity index (χ0n) is 10.9. The Kier molecular flexibility index (Phi) is 4.36. The van der Waals surface area contributed by atoms with Gasteiger partial charge in [0, 0.05) is 17.6 Å². The molecule has 104 valence electrons. The second-order valence-corrected chi connectivity index (χ2v) is 5.51. The van der Waals surface area contributed by atoms with E-state index >= 15 is 0 Å². The van der Waals surface area contributed by atoms with Crippen LogP contribution < -0.4 is 10.6 Å². The summed E-state index contributed by atoms with van der Waals surface area (Å²) in [5.41, 5.74) is 1.18. The van der Waals surface area contributed by atoms with Gasteiger partial charge in [0.05, 0.1) is 5.69 Å².